The zero-order valence-corrected chi connectivity index (χ0v) is 18.6. The molecule has 0 radical (unpaired) electrons. The van der Waals surface area contributed by atoms with Crippen molar-refractivity contribution in [2.24, 2.45) is 0 Å². The molecular weight excluding hydrogens is 400 g/mol. The Hall–Kier alpha value is -2.81. The molecule has 31 heavy (non-hydrogen) atoms. The molecule has 5 rings (SSSR count). The van der Waals surface area contributed by atoms with Crippen LogP contribution in [0.4, 0.5) is 0 Å². The molecule has 2 nitrogen and oxygen atoms in total. The zero-order valence-electron chi connectivity index (χ0n) is 17.8. The Balaban J connectivity index is 1.55. The van der Waals surface area contributed by atoms with Gasteiger partial charge in [0.05, 0.1) is 6.04 Å². The van der Waals surface area contributed by atoms with E-state index in [1.54, 1.807) is 0 Å². The monoisotopic (exact) mass is 426 g/mol. The van der Waals surface area contributed by atoms with Crippen molar-refractivity contribution in [1.82, 2.24) is 9.47 Å². The van der Waals surface area contributed by atoms with Crippen LogP contribution in [0.15, 0.2) is 91.0 Å². The van der Waals surface area contributed by atoms with Gasteiger partial charge in [0.1, 0.15) is 0 Å². The minimum atomic E-state index is 0.233. The molecule has 3 aromatic carbocycles. The first-order valence-corrected chi connectivity index (χ1v) is 11.3. The molecular formula is C28H27ClN2. The van der Waals surface area contributed by atoms with E-state index in [1.165, 1.54) is 33.6 Å². The second-order valence-electron chi connectivity index (χ2n) is 8.42. The predicted molar refractivity (Wildman–Crippen MR) is 129 cm³/mol. The van der Waals surface area contributed by atoms with E-state index in [4.69, 9.17) is 11.6 Å². The van der Waals surface area contributed by atoms with Crippen molar-refractivity contribution >= 4 is 11.6 Å². The van der Waals surface area contributed by atoms with Crippen molar-refractivity contribution < 1.29 is 0 Å². The largest absolute Gasteiger partial charge is 0.344 e. The summed E-state index contributed by atoms with van der Waals surface area (Å²) in [6, 6.07) is 32.6. The highest BCUT2D eigenvalue weighted by Gasteiger charge is 2.31. The lowest BCUT2D eigenvalue weighted by molar-refractivity contribution is 0.202. The van der Waals surface area contributed by atoms with Crippen LogP contribution in [0.5, 0.6) is 0 Å². The number of hydrogen-bond donors (Lipinski definition) is 0. The zero-order chi connectivity index (χ0) is 21.2. The Labute approximate surface area is 189 Å². The second kappa shape index (κ2) is 8.74. The first kappa shape index (κ1) is 20.1. The summed E-state index contributed by atoms with van der Waals surface area (Å²) in [7, 11) is 0. The molecule has 0 saturated heterocycles. The Morgan fingerprint density at radius 1 is 0.806 bits per heavy atom. The van der Waals surface area contributed by atoms with Gasteiger partial charge < -0.3 is 4.57 Å². The smallest absolute Gasteiger partial charge is 0.0622 e. The number of rotatable bonds is 5. The van der Waals surface area contributed by atoms with Crippen LogP contribution in [0.1, 0.15) is 39.7 Å². The van der Waals surface area contributed by atoms with Gasteiger partial charge >= 0.3 is 0 Å². The van der Waals surface area contributed by atoms with Crippen molar-refractivity contribution in [3.63, 3.8) is 0 Å². The van der Waals surface area contributed by atoms with Crippen LogP contribution in [0.2, 0.25) is 5.02 Å². The molecule has 0 N–H and O–H groups in total. The molecule has 0 saturated carbocycles. The minimum absolute atomic E-state index is 0.233. The van der Waals surface area contributed by atoms with Gasteiger partial charge in [-0.1, -0.05) is 84.4 Å². The maximum absolute atomic E-state index is 6.22. The lowest BCUT2D eigenvalue weighted by Crippen LogP contribution is -2.36. The van der Waals surface area contributed by atoms with E-state index in [9.17, 15) is 0 Å². The van der Waals surface area contributed by atoms with E-state index in [-0.39, 0.29) is 6.04 Å². The van der Waals surface area contributed by atoms with Crippen molar-refractivity contribution in [2.75, 3.05) is 6.54 Å². The van der Waals surface area contributed by atoms with Crippen LogP contribution in [0, 0.1) is 6.92 Å². The Morgan fingerprint density at radius 2 is 1.42 bits per heavy atom. The molecule has 3 heteroatoms. The second-order valence-corrected chi connectivity index (χ2v) is 8.86. The number of hydrogen-bond acceptors (Lipinski definition) is 1. The van der Waals surface area contributed by atoms with Crippen LogP contribution < -0.4 is 0 Å². The number of halogens is 1. The van der Waals surface area contributed by atoms with E-state index in [1.807, 2.05) is 12.1 Å². The number of aromatic nitrogens is 1. The molecule has 0 amide bonds. The van der Waals surface area contributed by atoms with Gasteiger partial charge in [0, 0.05) is 42.5 Å². The van der Waals surface area contributed by atoms with Gasteiger partial charge in [-0.15, -0.1) is 0 Å². The highest BCUT2D eigenvalue weighted by atomic mass is 35.5. The maximum Gasteiger partial charge on any atom is 0.0622 e. The molecule has 1 atom stereocenters. The first-order valence-electron chi connectivity index (χ1n) is 11.0. The van der Waals surface area contributed by atoms with Crippen LogP contribution >= 0.6 is 11.6 Å². The standard InChI is InChI=1S/C28H27ClN2/c1-21-18-26-27(31(21)20-23-10-6-3-7-11-23)16-17-30(19-22-8-4-2-5-9-22)28(26)24-12-14-25(29)15-13-24/h2-15,18,28H,16-17,19-20H2,1H3. The fraction of sp³-hybridized carbons (Fsp3) is 0.214. The molecule has 0 bridgehead atoms. The third kappa shape index (κ3) is 4.19. The first-order chi connectivity index (χ1) is 15.2. The van der Waals surface area contributed by atoms with Gasteiger partial charge in [-0.25, -0.2) is 0 Å². The van der Waals surface area contributed by atoms with Gasteiger partial charge in [-0.05, 0) is 47.4 Å². The Morgan fingerprint density at radius 3 is 2.06 bits per heavy atom. The van der Waals surface area contributed by atoms with E-state index in [2.05, 4.69) is 95.3 Å². The average Bonchev–Trinajstić information content (AvgIpc) is 3.11. The van der Waals surface area contributed by atoms with Gasteiger partial charge in [-0.2, -0.15) is 0 Å². The lowest BCUT2D eigenvalue weighted by Gasteiger charge is -2.37. The van der Waals surface area contributed by atoms with Crippen LogP contribution in [-0.2, 0) is 19.5 Å². The molecule has 1 unspecified atom stereocenters. The SMILES string of the molecule is Cc1cc2c(n1Cc1ccccc1)CCN(Cc1ccccc1)C2c1ccc(Cl)cc1. The summed E-state index contributed by atoms with van der Waals surface area (Å²) < 4.78 is 2.51. The van der Waals surface area contributed by atoms with Gasteiger partial charge in [0.2, 0.25) is 0 Å². The number of benzene rings is 3. The molecule has 2 heterocycles. The molecule has 156 valence electrons. The van der Waals surface area contributed by atoms with E-state index >= 15 is 0 Å². The Kier molecular flexibility index (Phi) is 5.67. The fourth-order valence-corrected chi connectivity index (χ4v) is 4.98. The van der Waals surface area contributed by atoms with Crippen molar-refractivity contribution in [1.29, 1.82) is 0 Å². The fourth-order valence-electron chi connectivity index (χ4n) is 4.86. The van der Waals surface area contributed by atoms with Crippen molar-refractivity contribution in [2.45, 2.75) is 32.5 Å². The Bertz CT molecular complexity index is 1150. The summed E-state index contributed by atoms with van der Waals surface area (Å²) in [4.78, 5) is 2.60. The molecule has 1 aromatic heterocycles. The van der Waals surface area contributed by atoms with Crippen LogP contribution in [0.3, 0.4) is 0 Å². The average molecular weight is 427 g/mol. The highest BCUT2D eigenvalue weighted by molar-refractivity contribution is 6.30. The van der Waals surface area contributed by atoms with Gasteiger partial charge in [0.25, 0.3) is 0 Å². The molecule has 0 spiro atoms. The summed E-state index contributed by atoms with van der Waals surface area (Å²) in [6.07, 6.45) is 1.06. The van der Waals surface area contributed by atoms with Crippen molar-refractivity contribution in [3.05, 3.63) is 130 Å². The van der Waals surface area contributed by atoms with E-state index in [0.717, 1.165) is 31.1 Å². The molecule has 1 aliphatic heterocycles. The predicted octanol–water partition coefficient (Wildman–Crippen LogP) is 6.65. The lowest BCUT2D eigenvalue weighted by atomic mass is 9.92. The number of aryl methyl sites for hydroxylation is 1. The number of nitrogens with zero attached hydrogens (tertiary/aromatic N) is 2. The summed E-state index contributed by atoms with van der Waals surface area (Å²) in [5, 5.41) is 0.784. The molecule has 1 aliphatic rings. The van der Waals surface area contributed by atoms with E-state index in [0.29, 0.717) is 0 Å². The normalized spacial score (nSPS) is 16.3. The third-order valence-electron chi connectivity index (χ3n) is 6.34. The van der Waals surface area contributed by atoms with Gasteiger partial charge in [0.15, 0.2) is 0 Å². The summed E-state index contributed by atoms with van der Waals surface area (Å²) in [5.41, 5.74) is 8.22. The van der Waals surface area contributed by atoms with Crippen LogP contribution in [-0.4, -0.2) is 16.0 Å². The van der Waals surface area contributed by atoms with Crippen molar-refractivity contribution in [3.8, 4) is 0 Å². The molecule has 4 aromatic rings. The van der Waals surface area contributed by atoms with E-state index < -0.39 is 0 Å². The van der Waals surface area contributed by atoms with Crippen LogP contribution in [0.25, 0.3) is 0 Å². The summed E-state index contributed by atoms with van der Waals surface area (Å²) in [6.45, 7) is 5.14. The summed E-state index contributed by atoms with van der Waals surface area (Å²) in [5.74, 6) is 0. The van der Waals surface area contributed by atoms with Gasteiger partial charge in [-0.3, -0.25) is 4.90 Å². The quantitative estimate of drug-likeness (QED) is 0.347. The minimum Gasteiger partial charge on any atom is -0.344 e. The number of fused-ring (bicyclic) bond motifs is 1. The highest BCUT2D eigenvalue weighted by Crippen LogP contribution is 2.38. The maximum atomic E-state index is 6.22. The third-order valence-corrected chi connectivity index (χ3v) is 6.59. The summed E-state index contributed by atoms with van der Waals surface area (Å²) >= 11 is 6.22. The topological polar surface area (TPSA) is 8.17 Å². The molecule has 0 aliphatic carbocycles. The molecule has 0 fully saturated rings.